The predicted molar refractivity (Wildman–Crippen MR) is 135 cm³/mol. The highest BCUT2D eigenvalue weighted by Gasteiger charge is 2.21. The van der Waals surface area contributed by atoms with E-state index in [-0.39, 0.29) is 24.3 Å². The van der Waals surface area contributed by atoms with E-state index in [4.69, 9.17) is 4.74 Å². The Morgan fingerprint density at radius 2 is 1.76 bits per heavy atom. The molecule has 34 heavy (non-hydrogen) atoms. The molecule has 1 heterocycles. The summed E-state index contributed by atoms with van der Waals surface area (Å²) in [5.74, 6) is -0.0957. The van der Waals surface area contributed by atoms with Gasteiger partial charge in [0.1, 0.15) is 0 Å². The fraction of sp³-hybridized carbons (Fsp3) is 0.310. The van der Waals surface area contributed by atoms with Gasteiger partial charge in [-0.25, -0.2) is 0 Å². The first-order valence-electron chi connectivity index (χ1n) is 11.9. The van der Waals surface area contributed by atoms with Crippen LogP contribution in [-0.4, -0.2) is 31.1 Å². The van der Waals surface area contributed by atoms with Crippen LogP contribution >= 0.6 is 0 Å². The highest BCUT2D eigenvalue weighted by molar-refractivity contribution is 6.07. The molecule has 0 aliphatic carbocycles. The molecule has 176 valence electrons. The number of aryl methyl sites for hydroxylation is 2. The summed E-state index contributed by atoms with van der Waals surface area (Å²) in [6, 6.07) is 23.6. The molecule has 1 aliphatic rings. The first-order valence-corrected chi connectivity index (χ1v) is 11.9. The van der Waals surface area contributed by atoms with E-state index in [1.807, 2.05) is 62.4 Å². The van der Waals surface area contributed by atoms with Crippen molar-refractivity contribution in [3.8, 4) is 0 Å². The Morgan fingerprint density at radius 1 is 0.971 bits per heavy atom. The molecular formula is C29H32N2O3. The van der Waals surface area contributed by atoms with Gasteiger partial charge in [0, 0.05) is 24.4 Å². The molecule has 4 rings (SSSR count). The van der Waals surface area contributed by atoms with E-state index in [2.05, 4.69) is 29.6 Å². The number of benzene rings is 3. The monoisotopic (exact) mass is 456 g/mol. The average Bonchev–Trinajstić information content (AvgIpc) is 3.36. The maximum Gasteiger partial charge on any atom is 0.258 e. The molecule has 0 saturated carbocycles. The Hall–Kier alpha value is -3.44. The molecule has 5 heteroatoms. The molecule has 0 bridgehead atoms. The van der Waals surface area contributed by atoms with Crippen LogP contribution in [-0.2, 0) is 22.5 Å². The van der Waals surface area contributed by atoms with E-state index in [9.17, 15) is 9.59 Å². The normalized spacial score (nSPS) is 15.2. The topological polar surface area (TPSA) is 58.6 Å². The molecule has 1 atom stereocenters. The van der Waals surface area contributed by atoms with Crippen LogP contribution in [0.5, 0.6) is 0 Å². The third-order valence-electron chi connectivity index (χ3n) is 6.22. The fourth-order valence-corrected chi connectivity index (χ4v) is 4.23. The fourth-order valence-electron chi connectivity index (χ4n) is 4.23. The lowest BCUT2D eigenvalue weighted by atomic mass is 10.0. The molecule has 0 aromatic heterocycles. The first kappa shape index (κ1) is 23.7. The minimum Gasteiger partial charge on any atom is -0.376 e. The van der Waals surface area contributed by atoms with Crippen LogP contribution in [0.25, 0.3) is 0 Å². The van der Waals surface area contributed by atoms with E-state index < -0.39 is 0 Å². The highest BCUT2D eigenvalue weighted by atomic mass is 16.5. The van der Waals surface area contributed by atoms with Crippen molar-refractivity contribution in [3.05, 3.63) is 101 Å². The second kappa shape index (κ2) is 11.1. The van der Waals surface area contributed by atoms with Crippen LogP contribution < -0.4 is 10.2 Å². The average molecular weight is 457 g/mol. The van der Waals surface area contributed by atoms with Crippen LogP contribution in [0.2, 0.25) is 0 Å². The summed E-state index contributed by atoms with van der Waals surface area (Å²) in [6.45, 7) is 5.76. The van der Waals surface area contributed by atoms with Gasteiger partial charge in [-0.2, -0.15) is 0 Å². The number of anilines is 1. The number of ether oxygens (including phenoxy) is 1. The molecular weight excluding hydrogens is 424 g/mol. The van der Waals surface area contributed by atoms with Crippen molar-refractivity contribution >= 4 is 17.5 Å². The molecule has 1 saturated heterocycles. The third-order valence-corrected chi connectivity index (χ3v) is 6.22. The number of hydrogen-bond donors (Lipinski definition) is 1. The molecule has 1 aliphatic heterocycles. The van der Waals surface area contributed by atoms with Crippen molar-refractivity contribution in [1.82, 2.24) is 5.32 Å². The van der Waals surface area contributed by atoms with Crippen LogP contribution in [0, 0.1) is 13.8 Å². The number of rotatable bonds is 8. The van der Waals surface area contributed by atoms with Gasteiger partial charge in [-0.1, -0.05) is 60.2 Å². The maximum atomic E-state index is 13.7. The summed E-state index contributed by atoms with van der Waals surface area (Å²) in [5, 5.41) is 2.98. The number of carbonyl (C=O) groups excluding carboxylic acids is 2. The minimum absolute atomic E-state index is 0.0389. The van der Waals surface area contributed by atoms with E-state index in [1.54, 1.807) is 4.90 Å². The summed E-state index contributed by atoms with van der Waals surface area (Å²) in [5.41, 5.74) is 5.48. The van der Waals surface area contributed by atoms with E-state index in [1.165, 1.54) is 5.56 Å². The summed E-state index contributed by atoms with van der Waals surface area (Å²) in [6.07, 6.45) is 2.42. The van der Waals surface area contributed by atoms with Gasteiger partial charge in [-0.05, 0) is 61.6 Å². The summed E-state index contributed by atoms with van der Waals surface area (Å²) in [4.78, 5) is 28.0. The Labute approximate surface area is 201 Å². The van der Waals surface area contributed by atoms with Crippen LogP contribution in [0.4, 0.5) is 5.69 Å². The number of nitrogens with zero attached hydrogens (tertiary/aromatic N) is 1. The minimum atomic E-state index is -0.0568. The summed E-state index contributed by atoms with van der Waals surface area (Å²) >= 11 is 0. The lowest BCUT2D eigenvalue weighted by Gasteiger charge is -2.25. The third kappa shape index (κ3) is 6.12. The number of amides is 2. The van der Waals surface area contributed by atoms with Crippen molar-refractivity contribution in [1.29, 1.82) is 0 Å². The van der Waals surface area contributed by atoms with Gasteiger partial charge in [0.05, 0.1) is 19.1 Å². The van der Waals surface area contributed by atoms with Crippen molar-refractivity contribution < 1.29 is 14.3 Å². The van der Waals surface area contributed by atoms with Gasteiger partial charge in [0.25, 0.3) is 5.91 Å². The van der Waals surface area contributed by atoms with Crippen molar-refractivity contribution in [2.24, 2.45) is 0 Å². The molecule has 1 N–H and O–H groups in total. The maximum absolute atomic E-state index is 13.7. The molecule has 2 amide bonds. The van der Waals surface area contributed by atoms with Gasteiger partial charge in [-0.15, -0.1) is 0 Å². The van der Waals surface area contributed by atoms with Crippen LogP contribution in [0.1, 0.15) is 45.5 Å². The molecule has 0 unspecified atom stereocenters. The number of hydrogen-bond acceptors (Lipinski definition) is 3. The second-order valence-electron chi connectivity index (χ2n) is 8.98. The Balaban J connectivity index is 1.55. The molecule has 0 radical (unpaired) electrons. The van der Waals surface area contributed by atoms with Gasteiger partial charge in [-0.3, -0.25) is 9.59 Å². The molecule has 0 spiro atoms. The van der Waals surface area contributed by atoms with Crippen LogP contribution in [0.15, 0.2) is 72.8 Å². The van der Waals surface area contributed by atoms with Crippen molar-refractivity contribution in [2.45, 2.75) is 45.8 Å². The zero-order chi connectivity index (χ0) is 23.9. The molecule has 1 fully saturated rings. The lowest BCUT2D eigenvalue weighted by Crippen LogP contribution is -2.33. The van der Waals surface area contributed by atoms with Crippen molar-refractivity contribution in [3.63, 3.8) is 0 Å². The standard InChI is InChI=1S/C29H32N2O3/c1-21-12-14-23(15-13-21)20-31(29(33)27-11-4-3-7-22(27)2)25-9-5-8-24(17-25)18-28(32)30-19-26-10-6-16-34-26/h3-5,7-9,11-15,17,26H,6,10,16,18-20H2,1-2H3,(H,30,32)/t26-/m0/s1. The summed E-state index contributed by atoms with van der Waals surface area (Å²) < 4.78 is 5.59. The Morgan fingerprint density at radius 3 is 2.50 bits per heavy atom. The predicted octanol–water partition coefficient (Wildman–Crippen LogP) is 4.99. The smallest absolute Gasteiger partial charge is 0.258 e. The summed E-state index contributed by atoms with van der Waals surface area (Å²) in [7, 11) is 0. The van der Waals surface area contributed by atoms with Crippen LogP contribution in [0.3, 0.4) is 0 Å². The number of carbonyl (C=O) groups is 2. The van der Waals surface area contributed by atoms with Gasteiger partial charge < -0.3 is 15.0 Å². The second-order valence-corrected chi connectivity index (χ2v) is 8.98. The van der Waals surface area contributed by atoms with E-state index in [0.717, 1.165) is 41.8 Å². The molecule has 5 nitrogen and oxygen atoms in total. The quantitative estimate of drug-likeness (QED) is 0.520. The lowest BCUT2D eigenvalue weighted by molar-refractivity contribution is -0.120. The Kier molecular flexibility index (Phi) is 7.76. The molecule has 3 aromatic rings. The first-order chi connectivity index (χ1) is 16.5. The zero-order valence-corrected chi connectivity index (χ0v) is 19.9. The van der Waals surface area contributed by atoms with Gasteiger partial charge in [0.2, 0.25) is 5.91 Å². The molecule has 3 aromatic carbocycles. The van der Waals surface area contributed by atoms with E-state index >= 15 is 0 Å². The SMILES string of the molecule is Cc1ccc(CN(C(=O)c2ccccc2C)c2cccc(CC(=O)NC[C@@H]3CCCO3)c2)cc1. The number of nitrogens with one attached hydrogen (secondary N) is 1. The van der Waals surface area contributed by atoms with Gasteiger partial charge >= 0.3 is 0 Å². The van der Waals surface area contributed by atoms with Gasteiger partial charge in [0.15, 0.2) is 0 Å². The van der Waals surface area contributed by atoms with Crippen molar-refractivity contribution in [2.75, 3.05) is 18.1 Å². The largest absolute Gasteiger partial charge is 0.376 e. The van der Waals surface area contributed by atoms with E-state index in [0.29, 0.717) is 18.7 Å². The zero-order valence-electron chi connectivity index (χ0n) is 19.9. The Bertz CT molecular complexity index is 1130. The highest BCUT2D eigenvalue weighted by Crippen LogP contribution is 2.23.